The van der Waals surface area contributed by atoms with Crippen molar-refractivity contribution in [2.45, 2.75) is 0 Å². The van der Waals surface area contributed by atoms with E-state index in [1.54, 1.807) is 24.3 Å². The van der Waals surface area contributed by atoms with Crippen molar-refractivity contribution in [3.8, 4) is 11.5 Å². The molecule has 0 atom stereocenters. The van der Waals surface area contributed by atoms with Crippen LogP contribution in [0, 0.1) is 0 Å². The molecule has 0 bridgehead atoms. The normalized spacial score (nSPS) is 10.9. The van der Waals surface area contributed by atoms with Gasteiger partial charge in [-0.3, -0.25) is 0 Å². The van der Waals surface area contributed by atoms with Gasteiger partial charge in [-0.15, -0.1) is 0 Å². The van der Waals surface area contributed by atoms with Crippen LogP contribution in [0.3, 0.4) is 0 Å². The minimum absolute atomic E-state index is 0.146. The molecule has 1 N–H and O–H groups in total. The largest absolute Gasteiger partial charge is 0.504 e. The van der Waals surface area contributed by atoms with E-state index in [-0.39, 0.29) is 16.9 Å². The molecule has 0 saturated heterocycles. The predicted molar refractivity (Wildman–Crippen MR) is 68.2 cm³/mol. The summed E-state index contributed by atoms with van der Waals surface area (Å²) in [5.74, 6) is 0.0691. The molecule has 3 rings (SSSR count). The Labute approximate surface area is 102 Å². The van der Waals surface area contributed by atoms with Crippen molar-refractivity contribution < 1.29 is 14.3 Å². The number of phenols is 1. The minimum Gasteiger partial charge on any atom is -0.504 e. The van der Waals surface area contributed by atoms with Gasteiger partial charge in [0.05, 0.1) is 7.11 Å². The van der Waals surface area contributed by atoms with E-state index in [1.165, 1.54) is 7.11 Å². The predicted octanol–water partition coefficient (Wildman–Crippen LogP) is 2.66. The van der Waals surface area contributed by atoms with E-state index in [1.807, 2.05) is 12.1 Å². The van der Waals surface area contributed by atoms with Crippen molar-refractivity contribution in [1.29, 1.82) is 0 Å². The molecule has 1 heterocycles. The standard InChI is InChI=1S/C14H10O4/c1-17-11-7-6-9-8-4-2-3-5-10(8)18-14(16)12(9)13(11)15/h2-7,15H,1H3. The van der Waals surface area contributed by atoms with Gasteiger partial charge in [-0.25, -0.2) is 4.79 Å². The Morgan fingerprint density at radius 2 is 1.89 bits per heavy atom. The van der Waals surface area contributed by atoms with Crippen molar-refractivity contribution in [2.24, 2.45) is 0 Å². The molecule has 0 radical (unpaired) electrons. The van der Waals surface area contributed by atoms with Crippen LogP contribution >= 0.6 is 0 Å². The minimum atomic E-state index is -0.569. The molecule has 2 aromatic carbocycles. The fraction of sp³-hybridized carbons (Fsp3) is 0.0714. The molecule has 4 heteroatoms. The van der Waals surface area contributed by atoms with E-state index in [9.17, 15) is 9.90 Å². The summed E-state index contributed by atoms with van der Waals surface area (Å²) in [4.78, 5) is 11.9. The van der Waals surface area contributed by atoms with Gasteiger partial charge in [0.1, 0.15) is 11.0 Å². The molecular weight excluding hydrogens is 232 g/mol. The number of hydrogen-bond acceptors (Lipinski definition) is 4. The average Bonchev–Trinajstić information content (AvgIpc) is 2.39. The maximum atomic E-state index is 11.9. The van der Waals surface area contributed by atoms with Crippen LogP contribution in [0.4, 0.5) is 0 Å². The van der Waals surface area contributed by atoms with Gasteiger partial charge < -0.3 is 14.3 Å². The summed E-state index contributed by atoms with van der Waals surface area (Å²) in [5, 5.41) is 11.6. The third-order valence-electron chi connectivity index (χ3n) is 2.94. The first kappa shape index (κ1) is 10.7. The number of hydrogen-bond donors (Lipinski definition) is 1. The summed E-state index contributed by atoms with van der Waals surface area (Å²) < 4.78 is 10.2. The lowest BCUT2D eigenvalue weighted by atomic mass is 10.1. The number of phenolic OH excluding ortho intramolecular Hbond substituents is 1. The second-order valence-corrected chi connectivity index (χ2v) is 3.92. The highest BCUT2D eigenvalue weighted by Crippen LogP contribution is 2.35. The molecule has 0 spiro atoms. The van der Waals surface area contributed by atoms with E-state index in [0.717, 1.165) is 5.39 Å². The van der Waals surface area contributed by atoms with Crippen molar-refractivity contribution in [1.82, 2.24) is 0 Å². The average molecular weight is 242 g/mol. The van der Waals surface area contributed by atoms with Crippen molar-refractivity contribution in [3.63, 3.8) is 0 Å². The molecule has 0 aliphatic rings. The van der Waals surface area contributed by atoms with Gasteiger partial charge in [-0.2, -0.15) is 0 Å². The van der Waals surface area contributed by atoms with Gasteiger partial charge in [-0.05, 0) is 18.2 Å². The summed E-state index contributed by atoms with van der Waals surface area (Å²) in [6.45, 7) is 0. The molecule has 0 amide bonds. The molecule has 18 heavy (non-hydrogen) atoms. The number of ether oxygens (including phenoxy) is 1. The van der Waals surface area contributed by atoms with Gasteiger partial charge in [0.2, 0.25) is 0 Å². The molecule has 90 valence electrons. The fourth-order valence-electron chi connectivity index (χ4n) is 2.10. The van der Waals surface area contributed by atoms with Crippen LogP contribution in [0.2, 0.25) is 0 Å². The molecule has 0 unspecified atom stereocenters. The van der Waals surface area contributed by atoms with Crippen LogP contribution in [0.25, 0.3) is 21.7 Å². The third-order valence-corrected chi connectivity index (χ3v) is 2.94. The molecule has 0 fully saturated rings. The Kier molecular flexibility index (Phi) is 2.23. The molecule has 4 nitrogen and oxygen atoms in total. The topological polar surface area (TPSA) is 59.7 Å². The highest BCUT2D eigenvalue weighted by atomic mass is 16.5. The van der Waals surface area contributed by atoms with Crippen molar-refractivity contribution in [2.75, 3.05) is 7.11 Å². The Hall–Kier alpha value is -2.49. The van der Waals surface area contributed by atoms with E-state index in [4.69, 9.17) is 9.15 Å². The van der Waals surface area contributed by atoms with Gasteiger partial charge in [0.25, 0.3) is 0 Å². The zero-order valence-electron chi connectivity index (χ0n) is 9.64. The molecule has 1 aromatic heterocycles. The van der Waals surface area contributed by atoms with Crippen LogP contribution in [-0.4, -0.2) is 12.2 Å². The number of methoxy groups -OCH3 is 1. The lowest BCUT2D eigenvalue weighted by molar-refractivity contribution is 0.375. The first-order chi connectivity index (χ1) is 8.72. The molecular formula is C14H10O4. The van der Waals surface area contributed by atoms with E-state index < -0.39 is 5.63 Å². The van der Waals surface area contributed by atoms with Crippen LogP contribution in [-0.2, 0) is 0 Å². The molecule has 0 aliphatic carbocycles. The van der Waals surface area contributed by atoms with Crippen LogP contribution in [0.15, 0.2) is 45.6 Å². The van der Waals surface area contributed by atoms with E-state index >= 15 is 0 Å². The Bertz CT molecular complexity index is 802. The van der Waals surface area contributed by atoms with Crippen LogP contribution in [0.1, 0.15) is 0 Å². The summed E-state index contributed by atoms with van der Waals surface area (Å²) in [5.41, 5.74) is -0.0698. The lowest BCUT2D eigenvalue weighted by Crippen LogP contribution is -2.01. The van der Waals surface area contributed by atoms with Gasteiger partial charge in [0, 0.05) is 10.8 Å². The van der Waals surface area contributed by atoms with Gasteiger partial charge in [-0.1, -0.05) is 18.2 Å². The second kappa shape index (κ2) is 3.77. The Morgan fingerprint density at radius 1 is 1.11 bits per heavy atom. The first-order valence-corrected chi connectivity index (χ1v) is 5.44. The van der Waals surface area contributed by atoms with Crippen molar-refractivity contribution in [3.05, 3.63) is 46.8 Å². The highest BCUT2D eigenvalue weighted by molar-refractivity contribution is 6.07. The number of rotatable bonds is 1. The van der Waals surface area contributed by atoms with Crippen LogP contribution < -0.4 is 10.4 Å². The quantitative estimate of drug-likeness (QED) is 0.526. The fourth-order valence-corrected chi connectivity index (χ4v) is 2.10. The summed E-state index contributed by atoms with van der Waals surface area (Å²) in [7, 11) is 1.43. The smallest absolute Gasteiger partial charge is 0.348 e. The van der Waals surface area contributed by atoms with Crippen LogP contribution in [0.5, 0.6) is 11.5 Å². The SMILES string of the molecule is COc1ccc2c(c1O)c(=O)oc1ccccc12. The third kappa shape index (κ3) is 1.35. The monoisotopic (exact) mass is 242 g/mol. The lowest BCUT2D eigenvalue weighted by Gasteiger charge is -2.07. The Morgan fingerprint density at radius 3 is 2.67 bits per heavy atom. The molecule has 0 aliphatic heterocycles. The summed E-state index contributed by atoms with van der Waals surface area (Å²) in [6, 6.07) is 10.6. The summed E-state index contributed by atoms with van der Waals surface area (Å²) in [6.07, 6.45) is 0. The summed E-state index contributed by atoms with van der Waals surface area (Å²) >= 11 is 0. The maximum absolute atomic E-state index is 11.9. The number of benzene rings is 2. The second-order valence-electron chi connectivity index (χ2n) is 3.92. The molecule has 3 aromatic rings. The zero-order valence-corrected chi connectivity index (χ0v) is 9.64. The van der Waals surface area contributed by atoms with E-state index in [2.05, 4.69) is 0 Å². The Balaban J connectivity index is 2.60. The zero-order chi connectivity index (χ0) is 12.7. The number of fused-ring (bicyclic) bond motifs is 3. The van der Waals surface area contributed by atoms with Crippen molar-refractivity contribution >= 4 is 21.7 Å². The van der Waals surface area contributed by atoms with Gasteiger partial charge in [0.15, 0.2) is 11.5 Å². The first-order valence-electron chi connectivity index (χ1n) is 5.44. The maximum Gasteiger partial charge on any atom is 0.348 e. The van der Waals surface area contributed by atoms with E-state index in [0.29, 0.717) is 11.0 Å². The highest BCUT2D eigenvalue weighted by Gasteiger charge is 2.14. The number of para-hydroxylation sites is 1. The number of aromatic hydroxyl groups is 1. The molecule has 0 saturated carbocycles. The van der Waals surface area contributed by atoms with Gasteiger partial charge >= 0.3 is 5.63 Å².